The van der Waals surface area contributed by atoms with Crippen molar-refractivity contribution in [2.24, 2.45) is 0 Å². The van der Waals surface area contributed by atoms with Gasteiger partial charge in [-0.25, -0.2) is 14.4 Å². The SMILES string of the molecule is O=C(CSc1cc(N2CCN(c3ccc(F)cc3)CC2)ncn1)Nc1ccccc1[N+](=O)[O-]. The highest BCUT2D eigenvalue weighted by molar-refractivity contribution is 7.99. The molecule has 9 nitrogen and oxygen atoms in total. The van der Waals surface area contributed by atoms with Crippen molar-refractivity contribution in [1.29, 1.82) is 0 Å². The number of nitrogens with zero attached hydrogens (tertiary/aromatic N) is 5. The Morgan fingerprint density at radius 2 is 1.76 bits per heavy atom. The first-order chi connectivity index (χ1) is 16.0. The number of carbonyl (C=O) groups excluding carboxylic acids is 1. The Kier molecular flexibility index (Phi) is 6.98. The summed E-state index contributed by atoms with van der Waals surface area (Å²) in [5, 5.41) is 14.3. The second kappa shape index (κ2) is 10.3. The highest BCUT2D eigenvalue weighted by Gasteiger charge is 2.19. The molecule has 1 aliphatic rings. The number of para-hydroxylation sites is 2. The number of nitro groups is 1. The van der Waals surface area contributed by atoms with Gasteiger partial charge in [-0.1, -0.05) is 23.9 Å². The fourth-order valence-electron chi connectivity index (χ4n) is 3.49. The summed E-state index contributed by atoms with van der Waals surface area (Å²) in [6.07, 6.45) is 1.46. The predicted octanol–water partition coefficient (Wildman–Crippen LogP) is 3.58. The van der Waals surface area contributed by atoms with Crippen molar-refractivity contribution in [2.75, 3.05) is 47.0 Å². The summed E-state index contributed by atoms with van der Waals surface area (Å²) in [5.41, 5.74) is 0.995. The number of nitrogens with one attached hydrogen (secondary N) is 1. The van der Waals surface area contributed by atoms with E-state index in [9.17, 15) is 19.3 Å². The topological polar surface area (TPSA) is 104 Å². The zero-order valence-electron chi connectivity index (χ0n) is 17.6. The number of thioether (sulfide) groups is 1. The minimum Gasteiger partial charge on any atom is -0.368 e. The van der Waals surface area contributed by atoms with Crippen LogP contribution in [-0.4, -0.2) is 52.7 Å². The molecule has 1 fully saturated rings. The van der Waals surface area contributed by atoms with Gasteiger partial charge in [0.25, 0.3) is 5.69 Å². The lowest BCUT2D eigenvalue weighted by Crippen LogP contribution is -2.46. The summed E-state index contributed by atoms with van der Waals surface area (Å²) < 4.78 is 13.2. The molecule has 0 saturated carbocycles. The van der Waals surface area contributed by atoms with E-state index in [-0.39, 0.29) is 28.9 Å². The first kappa shape index (κ1) is 22.5. The maximum absolute atomic E-state index is 13.2. The number of amides is 1. The highest BCUT2D eigenvalue weighted by Crippen LogP contribution is 2.25. The fourth-order valence-corrected chi connectivity index (χ4v) is 4.15. The Hall–Kier alpha value is -3.73. The number of rotatable bonds is 7. The van der Waals surface area contributed by atoms with E-state index in [1.165, 1.54) is 42.4 Å². The van der Waals surface area contributed by atoms with Crippen LogP contribution in [-0.2, 0) is 4.79 Å². The van der Waals surface area contributed by atoms with Gasteiger partial charge in [-0.2, -0.15) is 0 Å². The lowest BCUT2D eigenvalue weighted by molar-refractivity contribution is -0.383. The summed E-state index contributed by atoms with van der Waals surface area (Å²) in [7, 11) is 0. The maximum atomic E-state index is 13.2. The summed E-state index contributed by atoms with van der Waals surface area (Å²) in [5.74, 6) is 0.215. The number of benzene rings is 2. The molecule has 0 unspecified atom stereocenters. The smallest absolute Gasteiger partial charge is 0.292 e. The third kappa shape index (κ3) is 5.75. The Morgan fingerprint density at radius 3 is 2.48 bits per heavy atom. The van der Waals surface area contributed by atoms with Crippen molar-refractivity contribution in [3.05, 3.63) is 76.9 Å². The number of hydrogen-bond donors (Lipinski definition) is 1. The maximum Gasteiger partial charge on any atom is 0.292 e. The number of anilines is 3. The van der Waals surface area contributed by atoms with E-state index >= 15 is 0 Å². The molecule has 0 radical (unpaired) electrons. The molecular formula is C22H21FN6O3S. The Morgan fingerprint density at radius 1 is 1.06 bits per heavy atom. The van der Waals surface area contributed by atoms with Gasteiger partial charge in [-0.05, 0) is 30.3 Å². The molecule has 0 bridgehead atoms. The van der Waals surface area contributed by atoms with Gasteiger partial charge in [-0.15, -0.1) is 0 Å². The normalized spacial score (nSPS) is 13.6. The molecule has 1 N–H and O–H groups in total. The van der Waals surface area contributed by atoms with Crippen LogP contribution in [0.25, 0.3) is 0 Å². The first-order valence-electron chi connectivity index (χ1n) is 10.2. The Bertz CT molecular complexity index is 1140. The van der Waals surface area contributed by atoms with Crippen LogP contribution < -0.4 is 15.1 Å². The van der Waals surface area contributed by atoms with Crippen LogP contribution in [0, 0.1) is 15.9 Å². The molecule has 1 aromatic heterocycles. The van der Waals surface area contributed by atoms with Gasteiger partial charge in [0, 0.05) is 44.0 Å². The number of piperazine rings is 1. The average molecular weight is 469 g/mol. The van der Waals surface area contributed by atoms with Crippen LogP contribution in [0.15, 0.2) is 66.0 Å². The van der Waals surface area contributed by atoms with Crippen LogP contribution in [0.4, 0.5) is 27.3 Å². The van der Waals surface area contributed by atoms with Crippen LogP contribution in [0.1, 0.15) is 0 Å². The lowest BCUT2D eigenvalue weighted by Gasteiger charge is -2.36. The van der Waals surface area contributed by atoms with Gasteiger partial charge in [-0.3, -0.25) is 14.9 Å². The van der Waals surface area contributed by atoms with E-state index in [1.54, 1.807) is 24.3 Å². The number of hydrogen-bond acceptors (Lipinski definition) is 8. The third-order valence-corrected chi connectivity index (χ3v) is 6.07. The van der Waals surface area contributed by atoms with Crippen molar-refractivity contribution >= 4 is 40.5 Å². The van der Waals surface area contributed by atoms with Gasteiger partial charge in [0.05, 0.1) is 10.7 Å². The van der Waals surface area contributed by atoms with Crippen molar-refractivity contribution in [3.63, 3.8) is 0 Å². The molecule has 2 heterocycles. The second-order valence-corrected chi connectivity index (χ2v) is 8.27. The molecular weight excluding hydrogens is 447 g/mol. The molecule has 1 saturated heterocycles. The van der Waals surface area contributed by atoms with Gasteiger partial charge < -0.3 is 15.1 Å². The van der Waals surface area contributed by atoms with E-state index in [1.807, 2.05) is 6.07 Å². The second-order valence-electron chi connectivity index (χ2n) is 7.28. The van der Waals surface area contributed by atoms with Crippen molar-refractivity contribution in [3.8, 4) is 0 Å². The van der Waals surface area contributed by atoms with E-state index in [4.69, 9.17) is 0 Å². The average Bonchev–Trinajstić information content (AvgIpc) is 2.84. The van der Waals surface area contributed by atoms with Crippen LogP contribution in [0.3, 0.4) is 0 Å². The van der Waals surface area contributed by atoms with E-state index in [2.05, 4.69) is 25.1 Å². The largest absolute Gasteiger partial charge is 0.368 e. The quantitative estimate of drug-likeness (QED) is 0.243. The van der Waals surface area contributed by atoms with Crippen molar-refractivity contribution < 1.29 is 14.1 Å². The molecule has 1 aliphatic heterocycles. The minimum atomic E-state index is -0.532. The first-order valence-corrected chi connectivity index (χ1v) is 11.2. The van der Waals surface area contributed by atoms with Gasteiger partial charge in [0.1, 0.15) is 28.7 Å². The lowest BCUT2D eigenvalue weighted by atomic mass is 10.2. The van der Waals surface area contributed by atoms with E-state index < -0.39 is 4.92 Å². The Balaban J connectivity index is 1.32. The van der Waals surface area contributed by atoms with Gasteiger partial charge >= 0.3 is 0 Å². The van der Waals surface area contributed by atoms with E-state index in [0.29, 0.717) is 5.03 Å². The molecule has 2 aromatic carbocycles. The van der Waals surface area contributed by atoms with Crippen LogP contribution in [0.5, 0.6) is 0 Å². The molecule has 0 aliphatic carbocycles. The molecule has 3 aromatic rings. The summed E-state index contributed by atoms with van der Waals surface area (Å²) in [6, 6.07) is 14.3. The molecule has 0 spiro atoms. The van der Waals surface area contributed by atoms with E-state index in [0.717, 1.165) is 37.7 Å². The van der Waals surface area contributed by atoms with Gasteiger partial charge in [0.15, 0.2) is 0 Å². The third-order valence-electron chi connectivity index (χ3n) is 5.15. The van der Waals surface area contributed by atoms with Gasteiger partial charge in [0.2, 0.25) is 5.91 Å². The predicted molar refractivity (Wildman–Crippen MR) is 125 cm³/mol. The van der Waals surface area contributed by atoms with Crippen molar-refractivity contribution in [2.45, 2.75) is 5.03 Å². The molecule has 4 rings (SSSR count). The molecule has 11 heteroatoms. The number of halogens is 1. The number of carbonyl (C=O) groups is 1. The fraction of sp³-hybridized carbons (Fsp3) is 0.227. The molecule has 170 valence electrons. The zero-order chi connectivity index (χ0) is 23.2. The minimum absolute atomic E-state index is 0.0564. The standard InChI is InChI=1S/C22H21FN6O3S/c23-16-5-7-17(8-6-16)27-9-11-28(12-10-27)20-13-22(25-15-24-20)33-14-21(30)26-18-3-1-2-4-19(18)29(31)32/h1-8,13,15H,9-12,14H2,(H,26,30). The molecule has 0 atom stereocenters. The highest BCUT2D eigenvalue weighted by atomic mass is 32.2. The van der Waals surface area contributed by atoms with Crippen LogP contribution >= 0.6 is 11.8 Å². The molecule has 1 amide bonds. The number of aromatic nitrogens is 2. The Labute approximate surface area is 193 Å². The zero-order valence-corrected chi connectivity index (χ0v) is 18.4. The molecule has 33 heavy (non-hydrogen) atoms. The summed E-state index contributed by atoms with van der Waals surface area (Å²) in [4.78, 5) is 35.8. The summed E-state index contributed by atoms with van der Waals surface area (Å²) >= 11 is 1.23. The number of nitro benzene ring substituents is 1. The monoisotopic (exact) mass is 468 g/mol. The summed E-state index contributed by atoms with van der Waals surface area (Å²) in [6.45, 7) is 3.04. The van der Waals surface area contributed by atoms with Crippen LogP contribution in [0.2, 0.25) is 0 Å². The van der Waals surface area contributed by atoms with Crippen molar-refractivity contribution in [1.82, 2.24) is 9.97 Å².